The predicted octanol–water partition coefficient (Wildman–Crippen LogP) is 1.55. The highest BCUT2D eigenvalue weighted by Gasteiger charge is 2.09. The number of pyridine rings is 1. The van der Waals surface area contributed by atoms with Gasteiger partial charge in [0.2, 0.25) is 5.89 Å². The number of hydrogen-bond acceptors (Lipinski definition) is 4. The largest absolute Gasteiger partial charge is 0.437 e. The van der Waals surface area contributed by atoms with Gasteiger partial charge in [-0.1, -0.05) is 0 Å². The fraction of sp³-hybridized carbons (Fsp3) is 0.333. The van der Waals surface area contributed by atoms with Crippen LogP contribution in [0.5, 0.6) is 0 Å². The zero-order chi connectivity index (χ0) is 9.42. The van der Waals surface area contributed by atoms with E-state index in [0.29, 0.717) is 17.1 Å². The van der Waals surface area contributed by atoms with Gasteiger partial charge in [0.1, 0.15) is 0 Å². The minimum Gasteiger partial charge on any atom is -0.437 e. The Morgan fingerprint density at radius 1 is 1.38 bits per heavy atom. The fourth-order valence-electron chi connectivity index (χ4n) is 1.12. The van der Waals surface area contributed by atoms with Gasteiger partial charge in [0.05, 0.1) is 6.04 Å². The van der Waals surface area contributed by atoms with Crippen molar-refractivity contribution < 1.29 is 4.42 Å². The minimum atomic E-state index is -0.186. The Kier molecular flexibility index (Phi) is 1.77. The third-order valence-corrected chi connectivity index (χ3v) is 1.80. The molecule has 4 heteroatoms. The van der Waals surface area contributed by atoms with Crippen molar-refractivity contribution in [2.45, 2.75) is 19.9 Å². The van der Waals surface area contributed by atoms with Crippen LogP contribution in [0.2, 0.25) is 0 Å². The van der Waals surface area contributed by atoms with Crippen molar-refractivity contribution in [3.63, 3.8) is 0 Å². The first-order valence-corrected chi connectivity index (χ1v) is 4.16. The summed E-state index contributed by atoms with van der Waals surface area (Å²) in [4.78, 5) is 8.39. The lowest BCUT2D eigenvalue weighted by Crippen LogP contribution is -2.04. The van der Waals surface area contributed by atoms with Gasteiger partial charge in [-0.3, -0.25) is 0 Å². The number of hydrogen-bond donors (Lipinski definition) is 1. The van der Waals surface area contributed by atoms with Crippen LogP contribution in [0.25, 0.3) is 11.2 Å². The highest BCUT2D eigenvalue weighted by molar-refractivity contribution is 5.67. The van der Waals surface area contributed by atoms with Gasteiger partial charge in [0, 0.05) is 5.69 Å². The van der Waals surface area contributed by atoms with Crippen LogP contribution in [0.3, 0.4) is 0 Å². The first-order valence-electron chi connectivity index (χ1n) is 4.16. The number of nitrogens with two attached hydrogens (primary N) is 1. The van der Waals surface area contributed by atoms with Crippen LogP contribution < -0.4 is 5.73 Å². The molecule has 1 atom stereocenters. The Balaban J connectivity index is 2.62. The molecule has 1 unspecified atom stereocenters. The van der Waals surface area contributed by atoms with Crippen LogP contribution in [0.1, 0.15) is 24.6 Å². The normalized spacial score (nSPS) is 13.5. The number of oxazole rings is 1. The fourth-order valence-corrected chi connectivity index (χ4v) is 1.12. The molecule has 0 spiro atoms. The molecule has 0 amide bonds. The van der Waals surface area contributed by atoms with Crippen molar-refractivity contribution in [2.24, 2.45) is 5.73 Å². The van der Waals surface area contributed by atoms with Crippen LogP contribution in [-0.4, -0.2) is 9.97 Å². The van der Waals surface area contributed by atoms with Crippen LogP contribution in [0, 0.1) is 6.92 Å². The Morgan fingerprint density at radius 2 is 2.15 bits per heavy atom. The summed E-state index contributed by atoms with van der Waals surface area (Å²) >= 11 is 0. The predicted molar refractivity (Wildman–Crippen MR) is 49.1 cm³/mol. The second kappa shape index (κ2) is 2.81. The maximum Gasteiger partial charge on any atom is 0.213 e. The van der Waals surface area contributed by atoms with Crippen LogP contribution in [-0.2, 0) is 0 Å². The summed E-state index contributed by atoms with van der Waals surface area (Å²) in [6.07, 6.45) is 0. The highest BCUT2D eigenvalue weighted by Crippen LogP contribution is 2.17. The van der Waals surface area contributed by atoms with Gasteiger partial charge in [-0.05, 0) is 26.0 Å². The van der Waals surface area contributed by atoms with E-state index in [4.69, 9.17) is 10.2 Å². The molecule has 0 aromatic carbocycles. The summed E-state index contributed by atoms with van der Waals surface area (Å²) in [5.41, 5.74) is 7.88. The molecule has 0 fully saturated rings. The van der Waals surface area contributed by atoms with E-state index in [0.717, 1.165) is 5.69 Å². The van der Waals surface area contributed by atoms with Gasteiger partial charge in [-0.15, -0.1) is 0 Å². The molecule has 2 rings (SSSR count). The van der Waals surface area contributed by atoms with Gasteiger partial charge in [0.15, 0.2) is 11.2 Å². The third-order valence-electron chi connectivity index (χ3n) is 1.80. The lowest BCUT2D eigenvalue weighted by Gasteiger charge is -1.93. The molecule has 2 aromatic heterocycles. The monoisotopic (exact) mass is 177 g/mol. The summed E-state index contributed by atoms with van der Waals surface area (Å²) in [5.74, 6) is 0.535. The van der Waals surface area contributed by atoms with Crippen molar-refractivity contribution in [3.8, 4) is 0 Å². The summed E-state index contributed by atoms with van der Waals surface area (Å²) < 4.78 is 5.39. The molecule has 0 aliphatic rings. The molecule has 0 aliphatic heterocycles. The summed E-state index contributed by atoms with van der Waals surface area (Å²) in [7, 11) is 0. The van der Waals surface area contributed by atoms with Crippen molar-refractivity contribution >= 4 is 11.2 Å². The maximum absolute atomic E-state index is 5.63. The molecule has 0 bridgehead atoms. The molecular weight excluding hydrogens is 166 g/mol. The van der Waals surface area contributed by atoms with E-state index in [2.05, 4.69) is 9.97 Å². The van der Waals surface area contributed by atoms with Crippen LogP contribution >= 0.6 is 0 Å². The van der Waals surface area contributed by atoms with Crippen molar-refractivity contribution in [3.05, 3.63) is 23.7 Å². The zero-order valence-electron chi connectivity index (χ0n) is 7.61. The second-order valence-electron chi connectivity index (χ2n) is 3.12. The quantitative estimate of drug-likeness (QED) is 0.717. The number of nitrogens with zero attached hydrogens (tertiary/aromatic N) is 2. The molecule has 2 aromatic rings. The van der Waals surface area contributed by atoms with Crippen molar-refractivity contribution in [1.82, 2.24) is 9.97 Å². The standard InChI is InChI=1S/C9H11N3O/c1-5-3-4-7-8(11-5)12-9(13-7)6(2)10/h3-4,6H,10H2,1-2H3. The lowest BCUT2D eigenvalue weighted by molar-refractivity contribution is 0.493. The van der Waals surface area contributed by atoms with E-state index in [1.165, 1.54) is 0 Å². The van der Waals surface area contributed by atoms with E-state index in [1.807, 2.05) is 26.0 Å². The number of rotatable bonds is 1. The van der Waals surface area contributed by atoms with Gasteiger partial charge >= 0.3 is 0 Å². The molecule has 0 saturated heterocycles. The topological polar surface area (TPSA) is 64.9 Å². The number of aromatic nitrogens is 2. The van der Waals surface area contributed by atoms with E-state index in [9.17, 15) is 0 Å². The van der Waals surface area contributed by atoms with Gasteiger partial charge in [-0.25, -0.2) is 4.98 Å². The number of aryl methyl sites for hydroxylation is 1. The molecule has 0 aliphatic carbocycles. The zero-order valence-corrected chi connectivity index (χ0v) is 7.61. The van der Waals surface area contributed by atoms with Gasteiger partial charge in [-0.2, -0.15) is 4.98 Å². The summed E-state index contributed by atoms with van der Waals surface area (Å²) in [6.45, 7) is 3.75. The molecular formula is C9H11N3O. The molecule has 2 heterocycles. The molecule has 68 valence electrons. The smallest absolute Gasteiger partial charge is 0.213 e. The molecule has 4 nitrogen and oxygen atoms in total. The van der Waals surface area contributed by atoms with E-state index < -0.39 is 0 Å². The Labute approximate surface area is 75.8 Å². The molecule has 13 heavy (non-hydrogen) atoms. The second-order valence-corrected chi connectivity index (χ2v) is 3.12. The average Bonchev–Trinajstić information content (AvgIpc) is 2.46. The van der Waals surface area contributed by atoms with Gasteiger partial charge < -0.3 is 10.2 Å². The van der Waals surface area contributed by atoms with Crippen molar-refractivity contribution in [2.75, 3.05) is 0 Å². The van der Waals surface area contributed by atoms with Crippen LogP contribution in [0.15, 0.2) is 16.5 Å². The SMILES string of the molecule is Cc1ccc2oc(C(C)N)nc2n1. The molecule has 0 saturated carbocycles. The Hall–Kier alpha value is -1.42. The first-order chi connectivity index (χ1) is 6.16. The minimum absolute atomic E-state index is 0.186. The van der Waals surface area contributed by atoms with Crippen LogP contribution in [0.4, 0.5) is 0 Å². The Morgan fingerprint density at radius 3 is 2.85 bits per heavy atom. The first kappa shape index (κ1) is 8.19. The van der Waals surface area contributed by atoms with E-state index in [1.54, 1.807) is 0 Å². The summed E-state index contributed by atoms with van der Waals surface area (Å²) in [5, 5.41) is 0. The molecule has 0 radical (unpaired) electrons. The van der Waals surface area contributed by atoms with E-state index in [-0.39, 0.29) is 6.04 Å². The average molecular weight is 177 g/mol. The number of fused-ring (bicyclic) bond motifs is 1. The maximum atomic E-state index is 5.63. The van der Waals surface area contributed by atoms with Gasteiger partial charge in [0.25, 0.3) is 0 Å². The third kappa shape index (κ3) is 1.40. The summed E-state index contributed by atoms with van der Waals surface area (Å²) in [6, 6.07) is 3.56. The van der Waals surface area contributed by atoms with Crippen molar-refractivity contribution in [1.29, 1.82) is 0 Å². The lowest BCUT2D eigenvalue weighted by atomic mass is 10.4. The van der Waals surface area contributed by atoms with E-state index >= 15 is 0 Å². The molecule has 2 N–H and O–H groups in total. The Bertz CT molecular complexity index is 433. The highest BCUT2D eigenvalue weighted by atomic mass is 16.3.